The second-order valence-electron chi connectivity index (χ2n) is 6.06. The number of benzene rings is 1. The molecule has 2 aromatic rings. The van der Waals surface area contributed by atoms with Gasteiger partial charge in [-0.15, -0.1) is 23.7 Å². The maximum absolute atomic E-state index is 12.3. The topological polar surface area (TPSA) is 106 Å². The number of hydrogen-bond donors (Lipinski definition) is 3. The Hall–Kier alpha value is -2.00. The van der Waals surface area contributed by atoms with Gasteiger partial charge in [-0.05, 0) is 43.7 Å². The summed E-state index contributed by atoms with van der Waals surface area (Å²) in [6, 6.07) is 6.98. The Morgan fingerprint density at radius 1 is 1.19 bits per heavy atom. The quantitative estimate of drug-likeness (QED) is 0.677. The zero-order valence-electron chi connectivity index (χ0n) is 14.8. The summed E-state index contributed by atoms with van der Waals surface area (Å²) in [5, 5.41) is 8.36. The van der Waals surface area contributed by atoms with E-state index in [-0.39, 0.29) is 30.3 Å². The van der Waals surface area contributed by atoms with Crippen LogP contribution < -0.4 is 16.4 Å². The first-order chi connectivity index (χ1) is 12.7. The highest BCUT2D eigenvalue weighted by molar-refractivity contribution is 7.09. The Kier molecular flexibility index (Phi) is 8.18. The molecule has 0 atom stereocenters. The SMILES string of the molecule is Cl.NCCc1nc(C(=O)Nc2ccc(C(=O)NC3CCOCC3)cc2)cs1. The van der Waals surface area contributed by atoms with Crippen LogP contribution in [0.15, 0.2) is 29.6 Å². The molecule has 0 spiro atoms. The number of ether oxygens (including phenoxy) is 1. The van der Waals surface area contributed by atoms with Gasteiger partial charge in [-0.3, -0.25) is 9.59 Å². The van der Waals surface area contributed by atoms with Gasteiger partial charge in [-0.25, -0.2) is 4.98 Å². The van der Waals surface area contributed by atoms with Crippen LogP contribution in [0.1, 0.15) is 38.7 Å². The molecule has 1 aromatic carbocycles. The molecule has 0 aliphatic carbocycles. The molecule has 7 nitrogen and oxygen atoms in total. The van der Waals surface area contributed by atoms with Gasteiger partial charge >= 0.3 is 0 Å². The molecule has 1 fully saturated rings. The molecule has 27 heavy (non-hydrogen) atoms. The molecule has 1 aliphatic rings. The zero-order valence-corrected chi connectivity index (χ0v) is 16.4. The number of rotatable bonds is 6. The second-order valence-corrected chi connectivity index (χ2v) is 7.00. The van der Waals surface area contributed by atoms with Crippen molar-refractivity contribution in [2.45, 2.75) is 25.3 Å². The summed E-state index contributed by atoms with van der Waals surface area (Å²) in [6.07, 6.45) is 2.33. The van der Waals surface area contributed by atoms with E-state index in [1.807, 2.05) is 0 Å². The number of carbonyl (C=O) groups is 2. The summed E-state index contributed by atoms with van der Waals surface area (Å²) >= 11 is 1.42. The summed E-state index contributed by atoms with van der Waals surface area (Å²) in [4.78, 5) is 28.8. The lowest BCUT2D eigenvalue weighted by Crippen LogP contribution is -2.38. The first kappa shape index (κ1) is 21.3. The van der Waals surface area contributed by atoms with E-state index in [1.165, 1.54) is 11.3 Å². The normalized spacial score (nSPS) is 14.3. The molecule has 3 rings (SSSR count). The van der Waals surface area contributed by atoms with E-state index in [0.29, 0.717) is 43.1 Å². The van der Waals surface area contributed by atoms with E-state index < -0.39 is 0 Å². The van der Waals surface area contributed by atoms with Crippen LogP contribution in [-0.4, -0.2) is 42.6 Å². The Labute approximate surface area is 168 Å². The lowest BCUT2D eigenvalue weighted by atomic mass is 10.1. The first-order valence-electron chi connectivity index (χ1n) is 8.60. The molecule has 0 bridgehead atoms. The number of halogens is 1. The lowest BCUT2D eigenvalue weighted by molar-refractivity contribution is 0.0696. The summed E-state index contributed by atoms with van der Waals surface area (Å²) in [7, 11) is 0. The average molecular weight is 411 g/mol. The molecule has 2 amide bonds. The maximum Gasteiger partial charge on any atom is 0.275 e. The molecule has 4 N–H and O–H groups in total. The molecular formula is C18H23ClN4O3S. The van der Waals surface area contributed by atoms with Crippen LogP contribution in [0.3, 0.4) is 0 Å². The molecule has 9 heteroatoms. The number of aromatic nitrogens is 1. The minimum absolute atomic E-state index is 0. The van der Waals surface area contributed by atoms with Gasteiger partial charge in [-0.1, -0.05) is 0 Å². The third-order valence-electron chi connectivity index (χ3n) is 4.10. The highest BCUT2D eigenvalue weighted by Crippen LogP contribution is 2.15. The number of anilines is 1. The minimum Gasteiger partial charge on any atom is -0.381 e. The highest BCUT2D eigenvalue weighted by atomic mass is 35.5. The summed E-state index contributed by atoms with van der Waals surface area (Å²) in [5.74, 6) is -0.385. The molecule has 0 radical (unpaired) electrons. The van der Waals surface area contributed by atoms with Gasteiger partial charge in [0.05, 0.1) is 5.01 Å². The smallest absolute Gasteiger partial charge is 0.275 e. The molecule has 0 unspecified atom stereocenters. The zero-order chi connectivity index (χ0) is 18.4. The standard InChI is InChI=1S/C18H22N4O3S.ClH/c19-8-5-16-22-15(11-26-16)18(24)21-13-3-1-12(2-4-13)17(23)20-14-6-9-25-10-7-14;/h1-4,11,14H,5-10,19H2,(H,20,23)(H,21,24);1H. The third kappa shape index (κ3) is 6.00. The molecule has 1 aromatic heterocycles. The summed E-state index contributed by atoms with van der Waals surface area (Å²) in [5.41, 5.74) is 7.05. The minimum atomic E-state index is -0.274. The van der Waals surface area contributed by atoms with Crippen LogP contribution in [0.2, 0.25) is 0 Å². The van der Waals surface area contributed by atoms with Crippen molar-refractivity contribution >= 4 is 41.2 Å². The van der Waals surface area contributed by atoms with Gasteiger partial charge in [0, 0.05) is 42.3 Å². The number of nitrogens with one attached hydrogen (secondary N) is 2. The number of nitrogens with zero attached hydrogens (tertiary/aromatic N) is 1. The Bertz CT molecular complexity index is 760. The molecule has 1 aliphatic heterocycles. The van der Waals surface area contributed by atoms with E-state index in [1.54, 1.807) is 29.6 Å². The van der Waals surface area contributed by atoms with Crippen LogP contribution in [-0.2, 0) is 11.2 Å². The third-order valence-corrected chi connectivity index (χ3v) is 5.01. The number of nitrogens with two attached hydrogens (primary N) is 1. The van der Waals surface area contributed by atoms with Crippen molar-refractivity contribution in [3.63, 3.8) is 0 Å². The fourth-order valence-electron chi connectivity index (χ4n) is 2.66. The molecular weight excluding hydrogens is 388 g/mol. The predicted molar refractivity (Wildman–Crippen MR) is 108 cm³/mol. The van der Waals surface area contributed by atoms with Gasteiger partial charge in [0.15, 0.2) is 0 Å². The Morgan fingerprint density at radius 3 is 2.56 bits per heavy atom. The van der Waals surface area contributed by atoms with E-state index in [2.05, 4.69) is 15.6 Å². The molecule has 0 saturated carbocycles. The van der Waals surface area contributed by atoms with Gasteiger partial charge in [0.25, 0.3) is 11.8 Å². The molecule has 2 heterocycles. The lowest BCUT2D eigenvalue weighted by Gasteiger charge is -2.23. The fourth-order valence-corrected chi connectivity index (χ4v) is 3.46. The van der Waals surface area contributed by atoms with Gasteiger partial charge < -0.3 is 21.1 Å². The monoisotopic (exact) mass is 410 g/mol. The van der Waals surface area contributed by atoms with Crippen LogP contribution in [0.5, 0.6) is 0 Å². The second kappa shape index (κ2) is 10.4. The van der Waals surface area contributed by atoms with Gasteiger partial charge in [0.1, 0.15) is 5.69 Å². The summed E-state index contributed by atoms with van der Waals surface area (Å²) < 4.78 is 5.29. The maximum atomic E-state index is 12.3. The average Bonchev–Trinajstić information content (AvgIpc) is 3.12. The van der Waals surface area contributed by atoms with Crippen molar-refractivity contribution < 1.29 is 14.3 Å². The fraction of sp³-hybridized carbons (Fsp3) is 0.389. The Balaban J connectivity index is 0.00000261. The van der Waals surface area contributed by atoms with Crippen LogP contribution >= 0.6 is 23.7 Å². The van der Waals surface area contributed by atoms with Gasteiger partial charge in [-0.2, -0.15) is 0 Å². The number of carbonyl (C=O) groups excluding carboxylic acids is 2. The van der Waals surface area contributed by atoms with E-state index in [4.69, 9.17) is 10.5 Å². The molecule has 146 valence electrons. The first-order valence-corrected chi connectivity index (χ1v) is 9.48. The van der Waals surface area contributed by atoms with Crippen molar-refractivity contribution in [1.29, 1.82) is 0 Å². The van der Waals surface area contributed by atoms with Crippen molar-refractivity contribution in [2.24, 2.45) is 5.73 Å². The van der Waals surface area contributed by atoms with Crippen molar-refractivity contribution in [3.8, 4) is 0 Å². The van der Waals surface area contributed by atoms with Crippen LogP contribution in [0.25, 0.3) is 0 Å². The number of hydrogen-bond acceptors (Lipinski definition) is 6. The predicted octanol–water partition coefficient (Wildman–Crippen LogP) is 2.23. The van der Waals surface area contributed by atoms with E-state index in [9.17, 15) is 9.59 Å². The van der Waals surface area contributed by atoms with Crippen molar-refractivity contribution in [2.75, 3.05) is 25.1 Å². The molecule has 1 saturated heterocycles. The summed E-state index contributed by atoms with van der Waals surface area (Å²) in [6.45, 7) is 1.87. The van der Waals surface area contributed by atoms with E-state index in [0.717, 1.165) is 17.8 Å². The largest absolute Gasteiger partial charge is 0.381 e. The van der Waals surface area contributed by atoms with Crippen LogP contribution in [0, 0.1) is 0 Å². The Morgan fingerprint density at radius 2 is 1.89 bits per heavy atom. The van der Waals surface area contributed by atoms with Crippen LogP contribution in [0.4, 0.5) is 5.69 Å². The van der Waals surface area contributed by atoms with Crippen molar-refractivity contribution in [3.05, 3.63) is 45.9 Å². The highest BCUT2D eigenvalue weighted by Gasteiger charge is 2.17. The number of amides is 2. The van der Waals surface area contributed by atoms with Crippen molar-refractivity contribution in [1.82, 2.24) is 10.3 Å². The van der Waals surface area contributed by atoms with Gasteiger partial charge in [0.2, 0.25) is 0 Å². The number of thiazole rings is 1. The van der Waals surface area contributed by atoms with E-state index >= 15 is 0 Å².